The maximum absolute atomic E-state index is 12.1. The van der Waals surface area contributed by atoms with Crippen molar-refractivity contribution in [3.63, 3.8) is 0 Å². The van der Waals surface area contributed by atoms with Crippen molar-refractivity contribution in [1.29, 1.82) is 0 Å². The van der Waals surface area contributed by atoms with Crippen LogP contribution < -0.4 is 9.47 Å². The highest BCUT2D eigenvalue weighted by molar-refractivity contribution is 9.10. The zero-order valence-electron chi connectivity index (χ0n) is 13.3. The molecule has 1 aromatic carbocycles. The molecular formula is C16H20BrNO5. The smallest absolute Gasteiger partial charge is 0.338 e. The number of nitrogens with zero attached hydrogens (tertiary/aromatic N) is 1. The van der Waals surface area contributed by atoms with Gasteiger partial charge in [0, 0.05) is 13.0 Å². The van der Waals surface area contributed by atoms with Gasteiger partial charge in [0.05, 0.1) is 30.3 Å². The Morgan fingerprint density at radius 3 is 2.78 bits per heavy atom. The molecule has 6 nitrogen and oxygen atoms in total. The van der Waals surface area contributed by atoms with E-state index in [-0.39, 0.29) is 12.5 Å². The maximum Gasteiger partial charge on any atom is 0.338 e. The largest absolute Gasteiger partial charge is 0.493 e. The van der Waals surface area contributed by atoms with Gasteiger partial charge in [0.25, 0.3) is 0 Å². The predicted molar refractivity (Wildman–Crippen MR) is 88.0 cm³/mol. The van der Waals surface area contributed by atoms with E-state index in [4.69, 9.17) is 14.2 Å². The van der Waals surface area contributed by atoms with Crippen molar-refractivity contribution in [3.05, 3.63) is 22.2 Å². The number of ether oxygens (including phenoxy) is 3. The minimum Gasteiger partial charge on any atom is -0.493 e. The number of carbonyl (C=O) groups is 2. The summed E-state index contributed by atoms with van der Waals surface area (Å²) in [5.74, 6) is 0.669. The first-order chi connectivity index (χ1) is 11.1. The van der Waals surface area contributed by atoms with Gasteiger partial charge in [0.15, 0.2) is 11.5 Å². The van der Waals surface area contributed by atoms with Crippen LogP contribution in [0.3, 0.4) is 0 Å². The fourth-order valence-electron chi connectivity index (χ4n) is 2.39. The molecule has 1 aliphatic heterocycles. The number of hydrogen-bond donors (Lipinski definition) is 0. The Kier molecular flexibility index (Phi) is 6.27. The van der Waals surface area contributed by atoms with E-state index in [9.17, 15) is 9.59 Å². The number of benzene rings is 1. The minimum atomic E-state index is -0.460. The molecule has 1 aliphatic rings. The van der Waals surface area contributed by atoms with Crippen molar-refractivity contribution in [2.45, 2.75) is 19.8 Å². The first-order valence-electron chi connectivity index (χ1n) is 7.52. The third kappa shape index (κ3) is 4.37. The van der Waals surface area contributed by atoms with Crippen molar-refractivity contribution in [3.8, 4) is 11.5 Å². The number of methoxy groups -OCH3 is 1. The Morgan fingerprint density at radius 1 is 1.39 bits per heavy atom. The third-order valence-corrected chi connectivity index (χ3v) is 4.11. The van der Waals surface area contributed by atoms with Crippen LogP contribution in [-0.2, 0) is 9.53 Å². The molecule has 0 radical (unpaired) electrons. The summed E-state index contributed by atoms with van der Waals surface area (Å²) in [6.45, 7) is 3.70. The number of esters is 1. The highest BCUT2D eigenvalue weighted by Gasteiger charge is 2.21. The number of halogens is 1. The Morgan fingerprint density at radius 2 is 2.17 bits per heavy atom. The molecule has 0 bridgehead atoms. The summed E-state index contributed by atoms with van der Waals surface area (Å²) in [5.41, 5.74) is 0.366. The summed E-state index contributed by atoms with van der Waals surface area (Å²) in [6, 6.07) is 3.22. The van der Waals surface area contributed by atoms with E-state index in [1.807, 2.05) is 6.92 Å². The average molecular weight is 386 g/mol. The molecule has 1 amide bonds. The Bertz CT molecular complexity index is 590. The van der Waals surface area contributed by atoms with Gasteiger partial charge in [-0.3, -0.25) is 4.79 Å². The molecule has 1 fully saturated rings. The number of amides is 1. The van der Waals surface area contributed by atoms with Crippen LogP contribution in [0.1, 0.15) is 30.1 Å². The van der Waals surface area contributed by atoms with Crippen LogP contribution >= 0.6 is 15.9 Å². The standard InChI is InChI=1S/C16H20BrNO5/c1-3-22-15-12(17)9-11(10-13(15)21-2)16(20)23-8-7-18-6-4-5-14(18)19/h9-10H,3-8H2,1-2H3. The molecular weight excluding hydrogens is 366 g/mol. The number of hydrogen-bond acceptors (Lipinski definition) is 5. The molecule has 0 atom stereocenters. The third-order valence-electron chi connectivity index (χ3n) is 3.52. The lowest BCUT2D eigenvalue weighted by Gasteiger charge is -2.16. The molecule has 2 rings (SSSR count). The highest BCUT2D eigenvalue weighted by Crippen LogP contribution is 2.36. The Balaban J connectivity index is 1.98. The molecule has 7 heteroatoms. The van der Waals surface area contributed by atoms with Crippen molar-refractivity contribution in [1.82, 2.24) is 4.90 Å². The lowest BCUT2D eigenvalue weighted by Crippen LogP contribution is -2.29. The van der Waals surface area contributed by atoms with E-state index in [0.717, 1.165) is 13.0 Å². The van der Waals surface area contributed by atoms with Gasteiger partial charge in [0.2, 0.25) is 5.91 Å². The topological polar surface area (TPSA) is 65.1 Å². The fraction of sp³-hybridized carbons (Fsp3) is 0.500. The fourth-order valence-corrected chi connectivity index (χ4v) is 2.95. The van der Waals surface area contributed by atoms with Gasteiger partial charge in [-0.25, -0.2) is 4.79 Å². The molecule has 1 saturated heterocycles. The molecule has 23 heavy (non-hydrogen) atoms. The van der Waals surface area contributed by atoms with E-state index < -0.39 is 5.97 Å². The van der Waals surface area contributed by atoms with Gasteiger partial charge < -0.3 is 19.1 Å². The van der Waals surface area contributed by atoms with E-state index in [1.165, 1.54) is 7.11 Å². The molecule has 0 N–H and O–H groups in total. The number of rotatable bonds is 7. The van der Waals surface area contributed by atoms with Crippen molar-refractivity contribution >= 4 is 27.8 Å². The molecule has 1 aromatic rings. The molecule has 0 aromatic heterocycles. The SMILES string of the molecule is CCOc1c(Br)cc(C(=O)OCCN2CCCC2=O)cc1OC. The zero-order chi connectivity index (χ0) is 16.8. The summed E-state index contributed by atoms with van der Waals surface area (Å²) in [4.78, 5) is 25.4. The summed E-state index contributed by atoms with van der Waals surface area (Å²) in [7, 11) is 1.51. The van der Waals surface area contributed by atoms with Gasteiger partial charge in [-0.05, 0) is 41.4 Å². The lowest BCUT2D eigenvalue weighted by atomic mass is 10.2. The Labute approximate surface area is 143 Å². The lowest BCUT2D eigenvalue weighted by molar-refractivity contribution is -0.128. The second-order valence-electron chi connectivity index (χ2n) is 5.04. The van der Waals surface area contributed by atoms with Gasteiger partial charge in [-0.1, -0.05) is 0 Å². The number of carbonyl (C=O) groups excluding carboxylic acids is 2. The second-order valence-corrected chi connectivity index (χ2v) is 5.90. The zero-order valence-corrected chi connectivity index (χ0v) is 14.8. The van der Waals surface area contributed by atoms with E-state index in [0.29, 0.717) is 41.1 Å². The normalized spacial score (nSPS) is 14.0. The minimum absolute atomic E-state index is 0.117. The van der Waals surface area contributed by atoms with Gasteiger partial charge in [-0.15, -0.1) is 0 Å². The molecule has 126 valence electrons. The van der Waals surface area contributed by atoms with E-state index >= 15 is 0 Å². The molecule has 0 aliphatic carbocycles. The van der Waals surface area contributed by atoms with Gasteiger partial charge in [0.1, 0.15) is 6.61 Å². The monoisotopic (exact) mass is 385 g/mol. The van der Waals surface area contributed by atoms with Crippen LogP contribution in [0.25, 0.3) is 0 Å². The summed E-state index contributed by atoms with van der Waals surface area (Å²) in [5, 5.41) is 0. The first-order valence-corrected chi connectivity index (χ1v) is 8.31. The van der Waals surface area contributed by atoms with Crippen LogP contribution in [0.15, 0.2) is 16.6 Å². The van der Waals surface area contributed by atoms with Crippen LogP contribution in [0.5, 0.6) is 11.5 Å². The molecule has 0 unspecified atom stereocenters. The molecule has 1 heterocycles. The highest BCUT2D eigenvalue weighted by atomic mass is 79.9. The van der Waals surface area contributed by atoms with Crippen molar-refractivity contribution in [2.24, 2.45) is 0 Å². The van der Waals surface area contributed by atoms with Crippen LogP contribution in [0, 0.1) is 0 Å². The van der Waals surface area contributed by atoms with Gasteiger partial charge >= 0.3 is 5.97 Å². The van der Waals surface area contributed by atoms with Crippen LogP contribution in [0.4, 0.5) is 0 Å². The first kappa shape index (κ1) is 17.6. The van der Waals surface area contributed by atoms with Crippen LogP contribution in [0.2, 0.25) is 0 Å². The summed E-state index contributed by atoms with van der Waals surface area (Å²) < 4.78 is 16.6. The van der Waals surface area contributed by atoms with Crippen LogP contribution in [-0.4, -0.2) is 50.2 Å². The average Bonchev–Trinajstić information content (AvgIpc) is 2.94. The predicted octanol–water partition coefficient (Wildman–Crippen LogP) is 2.64. The molecule has 0 spiro atoms. The van der Waals surface area contributed by atoms with Gasteiger partial charge in [-0.2, -0.15) is 0 Å². The van der Waals surface area contributed by atoms with E-state index in [1.54, 1.807) is 17.0 Å². The summed E-state index contributed by atoms with van der Waals surface area (Å²) >= 11 is 3.37. The maximum atomic E-state index is 12.1. The number of likely N-dealkylation sites (tertiary alicyclic amines) is 1. The van der Waals surface area contributed by atoms with E-state index in [2.05, 4.69) is 15.9 Å². The molecule has 0 saturated carbocycles. The van der Waals surface area contributed by atoms with Crippen molar-refractivity contribution in [2.75, 3.05) is 33.4 Å². The van der Waals surface area contributed by atoms with Crippen molar-refractivity contribution < 1.29 is 23.8 Å². The summed E-state index contributed by atoms with van der Waals surface area (Å²) in [6.07, 6.45) is 1.45. The second kappa shape index (κ2) is 8.19. The quantitative estimate of drug-likeness (QED) is 0.675. The Hall–Kier alpha value is -1.76.